The second-order valence-corrected chi connectivity index (χ2v) is 5.46. The smallest absolute Gasteiger partial charge is 0.352 e. The fourth-order valence-corrected chi connectivity index (χ4v) is 2.17. The van der Waals surface area contributed by atoms with Crippen molar-refractivity contribution in [1.82, 2.24) is 5.32 Å². The Morgan fingerprint density at radius 3 is 2.23 bits per heavy atom. The summed E-state index contributed by atoms with van der Waals surface area (Å²) >= 11 is 0. The number of anilines is 2. The first-order chi connectivity index (χ1) is 12.3. The van der Waals surface area contributed by atoms with E-state index in [-0.39, 0.29) is 11.6 Å². The lowest BCUT2D eigenvalue weighted by atomic mass is 10.1. The molecule has 0 spiro atoms. The van der Waals surface area contributed by atoms with E-state index < -0.39 is 17.8 Å². The minimum atomic E-state index is -4.57. The Morgan fingerprint density at radius 2 is 1.62 bits per heavy atom. The van der Waals surface area contributed by atoms with Gasteiger partial charge in [0.05, 0.1) is 11.3 Å². The minimum Gasteiger partial charge on any atom is -0.352 e. The highest BCUT2D eigenvalue weighted by molar-refractivity contribution is 6.01. The summed E-state index contributed by atoms with van der Waals surface area (Å²) in [5.41, 5.74) is -0.503. The van der Waals surface area contributed by atoms with Gasteiger partial charge >= 0.3 is 12.2 Å². The number of halogens is 3. The Balaban J connectivity index is 2.02. The zero-order chi connectivity index (χ0) is 19.2. The van der Waals surface area contributed by atoms with Crippen LogP contribution in [0, 0.1) is 0 Å². The molecule has 3 amide bonds. The summed E-state index contributed by atoms with van der Waals surface area (Å²) in [7, 11) is 0. The first-order valence-electron chi connectivity index (χ1n) is 7.93. The molecule has 0 aliphatic rings. The Kier molecular flexibility index (Phi) is 6.21. The Bertz CT molecular complexity index is 774. The molecule has 2 aromatic rings. The number of carbonyl (C=O) groups excluding carboxylic acids is 2. The molecule has 26 heavy (non-hydrogen) atoms. The number of rotatable bonds is 5. The summed E-state index contributed by atoms with van der Waals surface area (Å²) in [6, 6.07) is 9.91. The fourth-order valence-electron chi connectivity index (χ4n) is 2.17. The van der Waals surface area contributed by atoms with Crippen LogP contribution in [0.25, 0.3) is 0 Å². The van der Waals surface area contributed by atoms with Crippen molar-refractivity contribution in [3.8, 4) is 0 Å². The summed E-state index contributed by atoms with van der Waals surface area (Å²) in [6.07, 6.45) is -3.76. The van der Waals surface area contributed by atoms with Crippen LogP contribution in [0.4, 0.5) is 29.3 Å². The molecule has 0 bridgehead atoms. The average Bonchev–Trinajstić information content (AvgIpc) is 2.59. The third-order valence-electron chi connectivity index (χ3n) is 3.42. The van der Waals surface area contributed by atoms with Crippen LogP contribution < -0.4 is 16.0 Å². The maximum absolute atomic E-state index is 12.9. The third-order valence-corrected chi connectivity index (χ3v) is 3.42. The number of urea groups is 1. The molecule has 3 N–H and O–H groups in total. The normalized spacial score (nSPS) is 10.9. The molecule has 0 fully saturated rings. The number of nitrogens with one attached hydrogen (secondary N) is 3. The number of alkyl halides is 3. The molecule has 0 saturated carbocycles. The molecule has 0 aliphatic heterocycles. The van der Waals surface area contributed by atoms with Gasteiger partial charge in [-0.1, -0.05) is 19.1 Å². The van der Waals surface area contributed by atoms with E-state index in [1.54, 1.807) is 0 Å². The van der Waals surface area contributed by atoms with Crippen molar-refractivity contribution in [2.45, 2.75) is 19.5 Å². The van der Waals surface area contributed by atoms with Crippen molar-refractivity contribution < 1.29 is 22.8 Å². The molecule has 138 valence electrons. The number of benzene rings is 2. The van der Waals surface area contributed by atoms with Gasteiger partial charge in [-0.15, -0.1) is 0 Å². The van der Waals surface area contributed by atoms with E-state index in [1.807, 2.05) is 6.92 Å². The molecule has 2 aromatic carbocycles. The molecule has 0 atom stereocenters. The van der Waals surface area contributed by atoms with Crippen LogP contribution in [-0.2, 0) is 6.18 Å². The van der Waals surface area contributed by atoms with Crippen molar-refractivity contribution in [1.29, 1.82) is 0 Å². The summed E-state index contributed by atoms with van der Waals surface area (Å²) in [5, 5.41) is 7.33. The molecule has 0 aromatic heterocycles. The molecule has 2 rings (SSSR count). The SMILES string of the molecule is CCCNC(=O)c1ccc(NC(=O)Nc2ccccc2C(F)(F)F)cc1. The molecule has 8 heteroatoms. The molecule has 5 nitrogen and oxygen atoms in total. The molecular formula is C18H18F3N3O2. The molecular weight excluding hydrogens is 347 g/mol. The van der Waals surface area contributed by atoms with Gasteiger partial charge in [0, 0.05) is 17.8 Å². The lowest BCUT2D eigenvalue weighted by Gasteiger charge is -2.14. The predicted molar refractivity (Wildman–Crippen MR) is 93.2 cm³/mol. The van der Waals surface area contributed by atoms with Gasteiger partial charge in [-0.05, 0) is 42.8 Å². The van der Waals surface area contributed by atoms with E-state index in [9.17, 15) is 22.8 Å². The van der Waals surface area contributed by atoms with Gasteiger partial charge in [-0.2, -0.15) is 13.2 Å². The topological polar surface area (TPSA) is 70.2 Å². The lowest BCUT2D eigenvalue weighted by molar-refractivity contribution is -0.136. The van der Waals surface area contributed by atoms with E-state index >= 15 is 0 Å². The van der Waals surface area contributed by atoms with Crippen molar-refractivity contribution in [2.24, 2.45) is 0 Å². The number of para-hydroxylation sites is 1. The second-order valence-electron chi connectivity index (χ2n) is 5.46. The maximum Gasteiger partial charge on any atom is 0.418 e. The first kappa shape index (κ1) is 19.3. The highest BCUT2D eigenvalue weighted by atomic mass is 19.4. The van der Waals surface area contributed by atoms with Gasteiger partial charge in [-0.3, -0.25) is 4.79 Å². The maximum atomic E-state index is 12.9. The third kappa shape index (κ3) is 5.23. The van der Waals surface area contributed by atoms with Gasteiger partial charge < -0.3 is 16.0 Å². The summed E-state index contributed by atoms with van der Waals surface area (Å²) in [5.74, 6) is -0.234. The summed E-state index contributed by atoms with van der Waals surface area (Å²) < 4.78 is 38.8. The van der Waals surface area contributed by atoms with Crippen LogP contribution in [0.3, 0.4) is 0 Å². The largest absolute Gasteiger partial charge is 0.418 e. The van der Waals surface area contributed by atoms with E-state index in [0.29, 0.717) is 17.8 Å². The summed E-state index contributed by atoms with van der Waals surface area (Å²) in [4.78, 5) is 23.7. The van der Waals surface area contributed by atoms with Gasteiger partial charge in [0.2, 0.25) is 0 Å². The van der Waals surface area contributed by atoms with Gasteiger partial charge in [0.15, 0.2) is 0 Å². The molecule has 0 radical (unpaired) electrons. The lowest BCUT2D eigenvalue weighted by Crippen LogP contribution is -2.24. The zero-order valence-electron chi connectivity index (χ0n) is 14.0. The first-order valence-corrected chi connectivity index (χ1v) is 7.93. The van der Waals surface area contributed by atoms with Crippen LogP contribution in [0.5, 0.6) is 0 Å². The van der Waals surface area contributed by atoms with E-state index in [4.69, 9.17) is 0 Å². The van der Waals surface area contributed by atoms with Crippen LogP contribution in [-0.4, -0.2) is 18.5 Å². The molecule has 0 heterocycles. The molecule has 0 aliphatic carbocycles. The van der Waals surface area contributed by atoms with Gasteiger partial charge in [-0.25, -0.2) is 4.79 Å². The number of hydrogen-bond donors (Lipinski definition) is 3. The predicted octanol–water partition coefficient (Wildman–Crippen LogP) is 4.49. The quantitative estimate of drug-likeness (QED) is 0.731. The zero-order valence-corrected chi connectivity index (χ0v) is 14.0. The highest BCUT2D eigenvalue weighted by Crippen LogP contribution is 2.34. The van der Waals surface area contributed by atoms with E-state index in [2.05, 4.69) is 16.0 Å². The number of hydrogen-bond acceptors (Lipinski definition) is 2. The Morgan fingerprint density at radius 1 is 0.962 bits per heavy atom. The molecule has 0 saturated heterocycles. The Labute approximate surface area is 148 Å². The molecule has 0 unspecified atom stereocenters. The summed E-state index contributed by atoms with van der Waals surface area (Å²) in [6.45, 7) is 2.49. The second kappa shape index (κ2) is 8.37. The average molecular weight is 365 g/mol. The fraction of sp³-hybridized carbons (Fsp3) is 0.222. The number of carbonyl (C=O) groups is 2. The van der Waals surface area contributed by atoms with E-state index in [0.717, 1.165) is 12.5 Å². The van der Waals surface area contributed by atoms with Crippen LogP contribution in [0.1, 0.15) is 29.3 Å². The number of amides is 3. The van der Waals surface area contributed by atoms with Gasteiger partial charge in [0.25, 0.3) is 5.91 Å². The Hall–Kier alpha value is -3.03. The van der Waals surface area contributed by atoms with Crippen molar-refractivity contribution in [3.63, 3.8) is 0 Å². The van der Waals surface area contributed by atoms with Gasteiger partial charge in [0.1, 0.15) is 0 Å². The van der Waals surface area contributed by atoms with Crippen molar-refractivity contribution >= 4 is 23.3 Å². The van der Waals surface area contributed by atoms with Crippen molar-refractivity contribution in [3.05, 3.63) is 59.7 Å². The highest BCUT2D eigenvalue weighted by Gasteiger charge is 2.33. The monoisotopic (exact) mass is 365 g/mol. The van der Waals surface area contributed by atoms with Crippen LogP contribution in [0.2, 0.25) is 0 Å². The minimum absolute atomic E-state index is 0.234. The van der Waals surface area contributed by atoms with Crippen LogP contribution in [0.15, 0.2) is 48.5 Å². The van der Waals surface area contributed by atoms with Crippen molar-refractivity contribution in [2.75, 3.05) is 17.2 Å². The van der Waals surface area contributed by atoms with E-state index in [1.165, 1.54) is 42.5 Å². The standard InChI is InChI=1S/C18H18F3N3O2/c1-2-11-22-16(25)12-7-9-13(10-8-12)23-17(26)24-15-6-4-3-5-14(15)18(19,20)21/h3-10H,2,11H2,1H3,(H,22,25)(H2,23,24,26). The van der Waals surface area contributed by atoms with Crippen LogP contribution >= 0.6 is 0 Å².